The highest BCUT2D eigenvalue weighted by atomic mass is 14.5. The molecule has 0 saturated heterocycles. The van der Waals surface area contributed by atoms with Gasteiger partial charge in [-0.25, -0.2) is 0 Å². The third-order valence-corrected chi connectivity index (χ3v) is 2.51. The van der Waals surface area contributed by atoms with E-state index in [2.05, 4.69) is 40.3 Å². The fourth-order valence-corrected chi connectivity index (χ4v) is 1.31. The van der Waals surface area contributed by atoms with Crippen molar-refractivity contribution in [3.8, 4) is 0 Å². The van der Waals surface area contributed by atoms with Gasteiger partial charge in [-0.05, 0) is 30.9 Å². The van der Waals surface area contributed by atoms with Gasteiger partial charge in [-0.1, -0.05) is 20.8 Å². The van der Waals surface area contributed by atoms with Gasteiger partial charge in [0.25, 0.3) is 0 Å². The molecule has 0 heterocycles. The Labute approximate surface area is 63.6 Å². The van der Waals surface area contributed by atoms with Gasteiger partial charge in [0.1, 0.15) is 0 Å². The van der Waals surface area contributed by atoms with Crippen LogP contribution in [-0.2, 0) is 0 Å². The maximum absolute atomic E-state index is 3.39. The Kier molecular flexibility index (Phi) is 1.53. The standard InChI is InChI=1S/C10H16/c1-7(2)6-9-8(3)10(9,4)5/h8H,1-5H3. The predicted molar refractivity (Wildman–Crippen MR) is 44.8 cm³/mol. The summed E-state index contributed by atoms with van der Waals surface area (Å²) in [5.41, 5.74) is 6.62. The SMILES string of the molecule is CC(C)=C=C1C(C)C1(C)C. The highest BCUT2D eigenvalue weighted by molar-refractivity contribution is 5.34. The summed E-state index contributed by atoms with van der Waals surface area (Å²) in [7, 11) is 0. The largest absolute Gasteiger partial charge is 0.122 e. The molecule has 0 aromatic carbocycles. The highest BCUT2D eigenvalue weighted by Gasteiger charge is 2.48. The molecule has 0 spiro atoms. The molecule has 0 aliphatic heterocycles. The summed E-state index contributed by atoms with van der Waals surface area (Å²) in [6.07, 6.45) is 0. The molecule has 1 aliphatic rings. The Morgan fingerprint density at radius 2 is 1.80 bits per heavy atom. The van der Waals surface area contributed by atoms with Crippen LogP contribution >= 0.6 is 0 Å². The monoisotopic (exact) mass is 136 g/mol. The summed E-state index contributed by atoms with van der Waals surface area (Å²) < 4.78 is 0. The number of hydrogen-bond acceptors (Lipinski definition) is 0. The zero-order valence-electron chi connectivity index (χ0n) is 7.58. The highest BCUT2D eigenvalue weighted by Crippen LogP contribution is 2.56. The summed E-state index contributed by atoms with van der Waals surface area (Å²) in [5, 5.41) is 0. The van der Waals surface area contributed by atoms with Gasteiger partial charge in [0.2, 0.25) is 0 Å². The molecular formula is C10H16. The molecule has 0 amide bonds. The Balaban J connectivity index is 2.94. The lowest BCUT2D eigenvalue weighted by Gasteiger charge is -1.91. The average molecular weight is 136 g/mol. The van der Waals surface area contributed by atoms with Crippen LogP contribution in [0.15, 0.2) is 16.9 Å². The minimum absolute atomic E-state index is 0.442. The molecule has 0 radical (unpaired) electrons. The first-order chi connectivity index (χ1) is 4.46. The van der Waals surface area contributed by atoms with Crippen LogP contribution in [0.1, 0.15) is 34.6 Å². The lowest BCUT2D eigenvalue weighted by molar-refractivity contribution is 0.596. The van der Waals surface area contributed by atoms with Crippen molar-refractivity contribution in [2.24, 2.45) is 11.3 Å². The Morgan fingerprint density at radius 3 is 1.90 bits per heavy atom. The number of allylic oxidation sites excluding steroid dienone is 1. The molecule has 0 N–H and O–H groups in total. The Bertz CT molecular complexity index is 208. The molecule has 0 aromatic rings. The normalized spacial score (nSPS) is 27.7. The van der Waals surface area contributed by atoms with E-state index in [1.54, 1.807) is 0 Å². The molecule has 10 heavy (non-hydrogen) atoms. The minimum Gasteiger partial charge on any atom is -0.122 e. The van der Waals surface area contributed by atoms with Crippen molar-refractivity contribution in [3.63, 3.8) is 0 Å². The Morgan fingerprint density at radius 1 is 1.40 bits per heavy atom. The molecule has 0 nitrogen and oxygen atoms in total. The van der Waals surface area contributed by atoms with E-state index in [0.29, 0.717) is 5.41 Å². The summed E-state index contributed by atoms with van der Waals surface area (Å²) in [4.78, 5) is 0. The first kappa shape index (κ1) is 7.63. The quantitative estimate of drug-likeness (QED) is 0.449. The lowest BCUT2D eigenvalue weighted by Crippen LogP contribution is -1.83. The van der Waals surface area contributed by atoms with Crippen molar-refractivity contribution in [3.05, 3.63) is 16.9 Å². The number of rotatable bonds is 0. The molecule has 1 aliphatic carbocycles. The molecule has 56 valence electrons. The van der Waals surface area contributed by atoms with E-state index in [4.69, 9.17) is 0 Å². The van der Waals surface area contributed by atoms with Crippen molar-refractivity contribution in [2.75, 3.05) is 0 Å². The van der Waals surface area contributed by atoms with Gasteiger partial charge in [0.15, 0.2) is 0 Å². The summed E-state index contributed by atoms with van der Waals surface area (Å²) in [5.74, 6) is 0.752. The van der Waals surface area contributed by atoms with Crippen LogP contribution in [0.2, 0.25) is 0 Å². The summed E-state index contributed by atoms with van der Waals surface area (Å²) >= 11 is 0. The average Bonchev–Trinajstić information content (AvgIpc) is 2.17. The number of hydrogen-bond donors (Lipinski definition) is 0. The zero-order chi connectivity index (χ0) is 7.94. The van der Waals surface area contributed by atoms with Gasteiger partial charge in [0, 0.05) is 5.41 Å². The third-order valence-electron chi connectivity index (χ3n) is 2.51. The Hall–Kier alpha value is -0.480. The fourth-order valence-electron chi connectivity index (χ4n) is 1.31. The molecule has 0 heteroatoms. The maximum Gasteiger partial charge on any atom is 0.000324 e. The topological polar surface area (TPSA) is 0 Å². The molecule has 1 unspecified atom stereocenters. The van der Waals surface area contributed by atoms with Gasteiger partial charge in [-0.3, -0.25) is 0 Å². The van der Waals surface area contributed by atoms with Crippen LogP contribution < -0.4 is 0 Å². The van der Waals surface area contributed by atoms with Gasteiger partial charge in [0.05, 0.1) is 0 Å². The van der Waals surface area contributed by atoms with Gasteiger partial charge < -0.3 is 0 Å². The molecule has 1 atom stereocenters. The summed E-state index contributed by atoms with van der Waals surface area (Å²) in [6.45, 7) is 11.0. The van der Waals surface area contributed by atoms with E-state index in [1.165, 1.54) is 11.1 Å². The third kappa shape index (κ3) is 1.04. The second kappa shape index (κ2) is 2.00. The molecule has 1 rings (SSSR count). The van der Waals surface area contributed by atoms with E-state index >= 15 is 0 Å². The molecule has 0 bridgehead atoms. The van der Waals surface area contributed by atoms with E-state index in [1.807, 2.05) is 0 Å². The van der Waals surface area contributed by atoms with Crippen molar-refractivity contribution < 1.29 is 0 Å². The second-order valence-corrected chi connectivity index (χ2v) is 3.98. The van der Waals surface area contributed by atoms with Crippen LogP contribution in [0, 0.1) is 11.3 Å². The van der Waals surface area contributed by atoms with Crippen molar-refractivity contribution >= 4 is 0 Å². The summed E-state index contributed by atoms with van der Waals surface area (Å²) in [6, 6.07) is 0. The van der Waals surface area contributed by atoms with E-state index in [9.17, 15) is 0 Å². The van der Waals surface area contributed by atoms with E-state index in [0.717, 1.165) is 5.92 Å². The first-order valence-corrected chi connectivity index (χ1v) is 3.90. The van der Waals surface area contributed by atoms with Crippen LogP contribution in [0.5, 0.6) is 0 Å². The van der Waals surface area contributed by atoms with Gasteiger partial charge >= 0.3 is 0 Å². The molecular weight excluding hydrogens is 120 g/mol. The van der Waals surface area contributed by atoms with Gasteiger partial charge in [-0.15, -0.1) is 5.73 Å². The fraction of sp³-hybridized carbons (Fsp3) is 0.700. The van der Waals surface area contributed by atoms with Crippen LogP contribution in [0.4, 0.5) is 0 Å². The minimum atomic E-state index is 0.442. The van der Waals surface area contributed by atoms with Crippen LogP contribution in [0.3, 0.4) is 0 Å². The van der Waals surface area contributed by atoms with Crippen LogP contribution in [0.25, 0.3) is 0 Å². The molecule has 0 aromatic heterocycles. The molecule has 1 saturated carbocycles. The van der Waals surface area contributed by atoms with Crippen LogP contribution in [-0.4, -0.2) is 0 Å². The maximum atomic E-state index is 3.39. The lowest BCUT2D eigenvalue weighted by atomic mass is 10.1. The van der Waals surface area contributed by atoms with Crippen molar-refractivity contribution in [1.82, 2.24) is 0 Å². The molecule has 1 fully saturated rings. The van der Waals surface area contributed by atoms with Crippen molar-refractivity contribution in [1.29, 1.82) is 0 Å². The predicted octanol–water partition coefficient (Wildman–Crippen LogP) is 3.15. The zero-order valence-corrected chi connectivity index (χ0v) is 7.58. The second-order valence-electron chi connectivity index (χ2n) is 3.98. The smallest absolute Gasteiger partial charge is 0.000324 e. The van der Waals surface area contributed by atoms with Gasteiger partial charge in [-0.2, -0.15) is 0 Å². The first-order valence-electron chi connectivity index (χ1n) is 3.90. The van der Waals surface area contributed by atoms with Crippen molar-refractivity contribution in [2.45, 2.75) is 34.6 Å². The van der Waals surface area contributed by atoms with E-state index < -0.39 is 0 Å². The van der Waals surface area contributed by atoms with E-state index in [-0.39, 0.29) is 0 Å².